The summed E-state index contributed by atoms with van der Waals surface area (Å²) in [5.74, 6) is -4.07. The molecule has 2 amide bonds. The number of thioether (sulfide) groups is 1. The lowest BCUT2D eigenvalue weighted by molar-refractivity contribution is -0.166. The summed E-state index contributed by atoms with van der Waals surface area (Å²) in [5, 5.41) is 15.2. The number of ether oxygens (including phenoxy) is 1. The molecule has 3 rings (SSSR count). The van der Waals surface area contributed by atoms with Crippen LogP contribution in [0, 0.1) is 5.92 Å². The predicted molar refractivity (Wildman–Crippen MR) is 104 cm³/mol. The van der Waals surface area contributed by atoms with E-state index in [-0.39, 0.29) is 35.6 Å². The molecule has 0 aliphatic carbocycles. The van der Waals surface area contributed by atoms with Gasteiger partial charge >= 0.3 is 11.9 Å². The molecule has 1 aromatic heterocycles. The van der Waals surface area contributed by atoms with Crippen molar-refractivity contribution in [2.45, 2.75) is 17.8 Å². The third-order valence-electron chi connectivity index (χ3n) is 4.39. The van der Waals surface area contributed by atoms with E-state index in [9.17, 15) is 24.3 Å². The van der Waals surface area contributed by atoms with Gasteiger partial charge in [0, 0.05) is 30.8 Å². The van der Waals surface area contributed by atoms with Crippen molar-refractivity contribution in [3.05, 3.63) is 5.82 Å². The summed E-state index contributed by atoms with van der Waals surface area (Å²) < 4.78 is 9.05. The molecule has 0 spiro atoms. The van der Waals surface area contributed by atoms with Gasteiger partial charge in [-0.3, -0.25) is 19.2 Å². The molecule has 1 aromatic rings. The van der Waals surface area contributed by atoms with Gasteiger partial charge in [0.2, 0.25) is 17.4 Å². The Morgan fingerprint density at radius 3 is 2.77 bits per heavy atom. The smallest absolute Gasteiger partial charge is 0.319 e. The predicted octanol–water partition coefficient (Wildman–Crippen LogP) is -1.50. The lowest BCUT2D eigenvalue weighted by Crippen LogP contribution is -2.73. The summed E-state index contributed by atoms with van der Waals surface area (Å²) in [6.07, 6.45) is 0. The van der Waals surface area contributed by atoms with Crippen LogP contribution in [0.3, 0.4) is 0 Å². The van der Waals surface area contributed by atoms with E-state index in [4.69, 9.17) is 15.3 Å². The quantitative estimate of drug-likeness (QED) is 0.142. The second-order valence-corrected chi connectivity index (χ2v) is 8.47. The molecule has 2 fully saturated rings. The minimum atomic E-state index is -1.20. The highest BCUT2D eigenvalue weighted by Crippen LogP contribution is 2.42. The first kappa shape index (κ1) is 21.8. The molecule has 2 aliphatic heterocycles. The van der Waals surface area contributed by atoms with Gasteiger partial charge in [0.05, 0.1) is 0 Å². The molecule has 0 bridgehead atoms. The van der Waals surface area contributed by atoms with Gasteiger partial charge in [0.1, 0.15) is 24.6 Å². The third-order valence-corrected chi connectivity index (χ3v) is 6.52. The van der Waals surface area contributed by atoms with Gasteiger partial charge in [-0.05, 0) is 0 Å². The van der Waals surface area contributed by atoms with Gasteiger partial charge in [-0.1, -0.05) is 5.16 Å². The molecule has 3 heterocycles. The van der Waals surface area contributed by atoms with Crippen molar-refractivity contribution in [1.82, 2.24) is 19.6 Å². The van der Waals surface area contributed by atoms with Crippen molar-refractivity contribution in [1.29, 1.82) is 0 Å². The van der Waals surface area contributed by atoms with Crippen molar-refractivity contribution in [2.24, 2.45) is 11.1 Å². The van der Waals surface area contributed by atoms with Crippen molar-refractivity contribution in [3.8, 4) is 0 Å². The number of hydrogen-bond acceptors (Lipinski definition) is 12. The Morgan fingerprint density at radius 2 is 2.20 bits per heavy atom. The topological polar surface area (TPSA) is 186 Å². The van der Waals surface area contributed by atoms with Crippen LogP contribution in [0.25, 0.3) is 0 Å². The maximum atomic E-state index is 12.9. The molecule has 0 saturated carbocycles. The van der Waals surface area contributed by atoms with Gasteiger partial charge in [0.25, 0.3) is 5.91 Å². The Morgan fingerprint density at radius 1 is 1.47 bits per heavy atom. The summed E-state index contributed by atoms with van der Waals surface area (Å²) in [7, 11) is 1.24. The van der Waals surface area contributed by atoms with Crippen molar-refractivity contribution in [2.75, 3.05) is 31.7 Å². The monoisotopic (exact) mass is 458 g/mol. The number of rotatable bonds is 7. The third kappa shape index (κ3) is 4.16. The summed E-state index contributed by atoms with van der Waals surface area (Å²) in [4.78, 5) is 57.8. The lowest BCUT2D eigenvalue weighted by Gasteiger charge is -2.53. The summed E-state index contributed by atoms with van der Waals surface area (Å²) >= 11 is 2.04. The van der Waals surface area contributed by atoms with Crippen LogP contribution in [-0.2, 0) is 28.8 Å². The zero-order chi connectivity index (χ0) is 22.1. The van der Waals surface area contributed by atoms with E-state index < -0.39 is 40.6 Å². The molecule has 13 nitrogen and oxygen atoms in total. The molecule has 3 atom stereocenters. The second kappa shape index (κ2) is 8.43. The van der Waals surface area contributed by atoms with E-state index >= 15 is 0 Å². The molecular formula is C15H18N6O7S2. The van der Waals surface area contributed by atoms with Gasteiger partial charge in [-0.25, -0.2) is 0 Å². The number of carbonyl (C=O) groups is 4. The van der Waals surface area contributed by atoms with Crippen molar-refractivity contribution < 1.29 is 33.9 Å². The van der Waals surface area contributed by atoms with Gasteiger partial charge in [-0.2, -0.15) is 9.36 Å². The fourth-order valence-corrected chi connectivity index (χ4v) is 5.02. The largest absolute Gasteiger partial charge is 0.481 e. The number of aliphatic carboxylic acids is 1. The minimum Gasteiger partial charge on any atom is -0.481 e. The van der Waals surface area contributed by atoms with Gasteiger partial charge in [0.15, 0.2) is 11.0 Å². The fraction of sp³-hybridized carbons (Fsp3) is 0.533. The van der Waals surface area contributed by atoms with Crippen LogP contribution in [0.5, 0.6) is 0 Å². The van der Waals surface area contributed by atoms with Crippen molar-refractivity contribution in [3.63, 3.8) is 0 Å². The first-order valence-electron chi connectivity index (χ1n) is 8.49. The van der Waals surface area contributed by atoms with E-state index in [1.54, 1.807) is 0 Å². The normalized spacial score (nSPS) is 25.7. The number of nitrogens with zero attached hydrogens (tertiary/aromatic N) is 4. The lowest BCUT2D eigenvalue weighted by atomic mass is 9.92. The van der Waals surface area contributed by atoms with Crippen LogP contribution in [0.15, 0.2) is 5.16 Å². The molecule has 30 heavy (non-hydrogen) atoms. The number of oxime groups is 1. The number of carboxylic acids is 1. The number of carbonyl (C=O) groups excluding carboxylic acids is 3. The zero-order valence-corrected chi connectivity index (χ0v) is 17.5. The van der Waals surface area contributed by atoms with Crippen LogP contribution in [0.4, 0.5) is 5.13 Å². The van der Waals surface area contributed by atoms with Crippen LogP contribution >= 0.6 is 23.3 Å². The van der Waals surface area contributed by atoms with E-state index in [2.05, 4.69) is 19.8 Å². The Kier molecular flexibility index (Phi) is 6.12. The number of amides is 2. The maximum Gasteiger partial charge on any atom is 0.319 e. The Hall–Kier alpha value is -2.94. The van der Waals surface area contributed by atoms with Crippen LogP contribution in [0.1, 0.15) is 12.7 Å². The molecule has 0 aromatic carbocycles. The Labute approximate surface area is 178 Å². The molecule has 0 radical (unpaired) electrons. The number of nitrogens with two attached hydrogens (primary N) is 1. The van der Waals surface area contributed by atoms with E-state index in [0.29, 0.717) is 0 Å². The van der Waals surface area contributed by atoms with Crippen LogP contribution in [-0.4, -0.2) is 85.8 Å². The number of hydrogen-bond donors (Lipinski definition) is 3. The van der Waals surface area contributed by atoms with Crippen molar-refractivity contribution >= 4 is 57.9 Å². The fourth-order valence-electron chi connectivity index (χ4n) is 3.07. The van der Waals surface area contributed by atoms with E-state index in [0.717, 1.165) is 11.5 Å². The van der Waals surface area contributed by atoms with Crippen LogP contribution in [0.2, 0.25) is 0 Å². The number of aromatic nitrogens is 2. The average Bonchev–Trinajstić information content (AvgIpc) is 3.10. The summed E-state index contributed by atoms with van der Waals surface area (Å²) in [5.41, 5.74) is 4.13. The second-order valence-electron chi connectivity index (χ2n) is 6.58. The molecule has 15 heteroatoms. The van der Waals surface area contributed by atoms with E-state index in [1.807, 2.05) is 0 Å². The van der Waals surface area contributed by atoms with Gasteiger partial charge in [-0.15, -0.1) is 11.8 Å². The first-order valence-corrected chi connectivity index (χ1v) is 10.3. The molecule has 4 N–H and O–H groups in total. The molecular weight excluding hydrogens is 440 g/mol. The SMILES string of the molecule is CON=C(C(=O)NC1(COC(C)=O)CS[C@@H]2C(C(=O)O)C(=O)N2C1)c1nsc(N)n1. The average molecular weight is 458 g/mol. The number of carboxylic acid groups (broad SMARTS) is 1. The minimum absolute atomic E-state index is 0.0425. The number of nitrogens with one attached hydrogen (secondary N) is 1. The molecule has 2 aliphatic rings. The number of β-lactam (4-membered cyclic amide) rings is 1. The Balaban J connectivity index is 1.83. The molecule has 2 unspecified atom stereocenters. The van der Waals surface area contributed by atoms with Crippen LogP contribution < -0.4 is 11.1 Å². The van der Waals surface area contributed by atoms with Gasteiger partial charge < -0.3 is 30.6 Å². The highest BCUT2D eigenvalue weighted by atomic mass is 32.2. The standard InChI is InChI=1S/C15H18N6O7S2/c1-6(22)28-4-15(3-21-11(24)7(13(25)26)12(21)29-5-15)18-10(23)8(19-27-2)9-17-14(16)30-20-9/h7,12H,3-5H2,1-2H3,(H,18,23)(H,25,26)(H2,16,17,20)/t7?,12-,15?/m1/s1. The number of esters is 1. The maximum absolute atomic E-state index is 12.9. The first-order chi connectivity index (χ1) is 14.2. The zero-order valence-electron chi connectivity index (χ0n) is 15.9. The number of anilines is 1. The van der Waals surface area contributed by atoms with E-state index in [1.165, 1.54) is 30.7 Å². The number of fused-ring (bicyclic) bond motifs is 1. The number of nitrogen functional groups attached to an aromatic ring is 1. The highest BCUT2D eigenvalue weighted by Gasteiger charge is 2.58. The highest BCUT2D eigenvalue weighted by molar-refractivity contribution is 8.00. The molecule has 2 saturated heterocycles. The Bertz CT molecular complexity index is 921. The summed E-state index contributed by atoms with van der Waals surface area (Å²) in [6, 6.07) is 0. The summed E-state index contributed by atoms with van der Waals surface area (Å²) in [6.45, 7) is 0.935. The molecule has 162 valence electrons.